The maximum absolute atomic E-state index is 6.29. The lowest BCUT2D eigenvalue weighted by molar-refractivity contribution is 0.615. The lowest BCUT2D eigenvalue weighted by atomic mass is 9.73. The summed E-state index contributed by atoms with van der Waals surface area (Å²) < 4.78 is 12.5. The highest BCUT2D eigenvalue weighted by Crippen LogP contribution is 2.56. The molecule has 0 fully saturated rings. The molecule has 1 aliphatic carbocycles. The summed E-state index contributed by atoms with van der Waals surface area (Å²) in [5.41, 5.74) is 19.0. The maximum Gasteiger partial charge on any atom is 0.227 e. The van der Waals surface area contributed by atoms with Gasteiger partial charge in [0, 0.05) is 44.4 Å². The largest absolute Gasteiger partial charge is 0.436 e. The fourth-order valence-electron chi connectivity index (χ4n) is 10.7. The Morgan fingerprint density at radius 3 is 1.77 bits per heavy atom. The number of para-hydroxylation sites is 5. The van der Waals surface area contributed by atoms with E-state index < -0.39 is 0 Å². The van der Waals surface area contributed by atoms with E-state index in [1.165, 1.54) is 49.8 Å². The molecule has 0 saturated carbocycles. The Kier molecular flexibility index (Phi) is 8.20. The van der Waals surface area contributed by atoms with Gasteiger partial charge in [-0.15, -0.1) is 0 Å². The number of hydrogen-bond acceptors (Lipinski definition) is 6. The van der Waals surface area contributed by atoms with Crippen molar-refractivity contribution in [1.29, 1.82) is 0 Å². The van der Waals surface area contributed by atoms with Gasteiger partial charge in [-0.25, -0.2) is 9.97 Å². The van der Waals surface area contributed by atoms with Crippen molar-refractivity contribution in [2.24, 2.45) is 0 Å². The average molecular weight is 853 g/mol. The zero-order valence-electron chi connectivity index (χ0n) is 37.1. The van der Waals surface area contributed by atoms with Crippen LogP contribution >= 0.6 is 0 Å². The molecule has 9 aromatic carbocycles. The van der Waals surface area contributed by atoms with Gasteiger partial charge >= 0.3 is 0 Å². The number of hydrogen-bond donors (Lipinski definition) is 0. The first-order valence-corrected chi connectivity index (χ1v) is 22.6. The first kappa shape index (κ1) is 38.3. The van der Waals surface area contributed by atoms with Crippen molar-refractivity contribution in [3.63, 3.8) is 0 Å². The van der Waals surface area contributed by atoms with Crippen LogP contribution in [0.2, 0.25) is 0 Å². The Morgan fingerprint density at radius 2 is 1.02 bits per heavy atom. The third-order valence-electron chi connectivity index (χ3n) is 14.1. The number of aromatic nitrogens is 2. The quantitative estimate of drug-likeness (QED) is 0.166. The van der Waals surface area contributed by atoms with Crippen LogP contribution in [0.25, 0.3) is 67.0 Å². The van der Waals surface area contributed by atoms with Gasteiger partial charge in [-0.3, -0.25) is 0 Å². The molecule has 6 heteroatoms. The third-order valence-corrected chi connectivity index (χ3v) is 14.1. The summed E-state index contributed by atoms with van der Waals surface area (Å²) in [5, 5.41) is 2.37. The predicted octanol–water partition coefficient (Wildman–Crippen LogP) is 16.3. The number of nitrogens with zero attached hydrogens (tertiary/aromatic N) is 4. The number of fused-ring (bicyclic) bond motifs is 8. The molecule has 0 spiro atoms. The predicted molar refractivity (Wildman–Crippen MR) is 269 cm³/mol. The smallest absolute Gasteiger partial charge is 0.227 e. The summed E-state index contributed by atoms with van der Waals surface area (Å²) in [5.74, 6) is 1.24. The number of oxazole rings is 2. The van der Waals surface area contributed by atoms with Gasteiger partial charge in [0.15, 0.2) is 11.2 Å². The zero-order valence-corrected chi connectivity index (χ0v) is 37.1. The highest BCUT2D eigenvalue weighted by atomic mass is 16.4. The minimum atomic E-state index is -0.299. The van der Waals surface area contributed by atoms with Crippen molar-refractivity contribution in [2.45, 2.75) is 38.5 Å². The molecule has 0 atom stereocenters. The molecule has 1 aliphatic heterocycles. The van der Waals surface area contributed by atoms with Crippen LogP contribution in [0.4, 0.5) is 34.1 Å². The summed E-state index contributed by atoms with van der Waals surface area (Å²) in [6, 6.07) is 69.2. The fourth-order valence-corrected chi connectivity index (χ4v) is 10.7. The molecule has 3 heterocycles. The first-order chi connectivity index (χ1) is 32.2. The molecule has 316 valence electrons. The molecule has 0 N–H and O–H groups in total. The molecule has 0 saturated heterocycles. The number of benzene rings is 9. The minimum Gasteiger partial charge on any atom is -0.436 e. The lowest BCUT2D eigenvalue weighted by Gasteiger charge is -2.42. The normalized spacial score (nSPS) is 14.3. The molecular formula is C60H44N4O2. The van der Waals surface area contributed by atoms with Crippen molar-refractivity contribution in [3.05, 3.63) is 216 Å². The molecule has 0 radical (unpaired) electrons. The van der Waals surface area contributed by atoms with Crippen molar-refractivity contribution < 1.29 is 8.83 Å². The van der Waals surface area contributed by atoms with E-state index in [0.29, 0.717) is 11.8 Å². The molecule has 2 aliphatic rings. The van der Waals surface area contributed by atoms with Crippen LogP contribution in [-0.4, -0.2) is 9.97 Å². The van der Waals surface area contributed by atoms with Crippen molar-refractivity contribution in [2.75, 3.05) is 9.80 Å². The lowest BCUT2D eigenvalue weighted by Crippen LogP contribution is -2.30. The number of anilines is 6. The Hall–Kier alpha value is -8.22. The molecular weight excluding hydrogens is 809 g/mol. The van der Waals surface area contributed by atoms with Crippen LogP contribution in [0.1, 0.15) is 49.9 Å². The van der Waals surface area contributed by atoms with Gasteiger partial charge in [-0.1, -0.05) is 119 Å². The zero-order chi connectivity index (χ0) is 44.3. The summed E-state index contributed by atoms with van der Waals surface area (Å²) in [7, 11) is 0. The molecule has 6 nitrogen and oxygen atoms in total. The molecule has 0 amide bonds. The second-order valence-electron chi connectivity index (χ2n) is 18.6. The third kappa shape index (κ3) is 5.74. The summed E-state index contributed by atoms with van der Waals surface area (Å²) >= 11 is 0. The van der Waals surface area contributed by atoms with E-state index in [1.807, 2.05) is 48.5 Å². The van der Waals surface area contributed by atoms with Crippen LogP contribution in [0.3, 0.4) is 0 Å². The minimum absolute atomic E-state index is 0.270. The molecule has 13 rings (SSSR count). The maximum atomic E-state index is 6.29. The molecule has 66 heavy (non-hydrogen) atoms. The topological polar surface area (TPSA) is 58.5 Å². The molecule has 11 aromatic rings. The van der Waals surface area contributed by atoms with E-state index in [0.717, 1.165) is 61.8 Å². The van der Waals surface area contributed by atoms with Gasteiger partial charge < -0.3 is 18.6 Å². The van der Waals surface area contributed by atoms with Crippen LogP contribution in [0.15, 0.2) is 203 Å². The van der Waals surface area contributed by atoms with Gasteiger partial charge in [-0.05, 0) is 142 Å². The van der Waals surface area contributed by atoms with E-state index in [9.17, 15) is 0 Å². The molecule has 2 aromatic heterocycles. The first-order valence-electron chi connectivity index (χ1n) is 22.6. The van der Waals surface area contributed by atoms with E-state index in [2.05, 4.69) is 183 Å². The Bertz CT molecular complexity index is 3670. The van der Waals surface area contributed by atoms with Crippen LogP contribution in [-0.2, 0) is 10.8 Å². The Labute approximate surface area is 383 Å². The monoisotopic (exact) mass is 852 g/mol. The highest BCUT2D eigenvalue weighted by Gasteiger charge is 2.40. The SMILES string of the molecule is CC1(C)c2cc(N3c4ccccc4C(C)(C)c4cc(-c5nc6ccccc6o5)ccc43)ccc2-c2ccc(N(c3ccc(-c4nc5ccccc5o4)cc3)c3cccc4ccccc34)cc21. The van der Waals surface area contributed by atoms with Crippen LogP contribution in [0, 0.1) is 0 Å². The fraction of sp³-hybridized carbons (Fsp3) is 0.100. The standard InChI is InChI=1S/C60H44N4O2/c1-59(2)46-17-7-10-20-53(46)64(54-33-26-39(34-49(54)59)58-62-51-19-9-12-23-56(51)66-58)42-30-32-45-44-31-29-41(35-47(44)60(3,4)48(45)36-42)63(52-21-13-15-37-14-5-6-16-43(37)52)40-27-24-38(25-28-40)57-61-50-18-8-11-22-55(50)65-57/h5-36H,1-4H3. The van der Waals surface area contributed by atoms with E-state index in [-0.39, 0.29) is 10.8 Å². The van der Waals surface area contributed by atoms with E-state index >= 15 is 0 Å². The van der Waals surface area contributed by atoms with Crippen molar-refractivity contribution in [3.8, 4) is 34.0 Å². The molecule has 0 bridgehead atoms. The number of rotatable bonds is 6. The summed E-state index contributed by atoms with van der Waals surface area (Å²) in [6.07, 6.45) is 0. The summed E-state index contributed by atoms with van der Waals surface area (Å²) in [6.45, 7) is 9.39. The van der Waals surface area contributed by atoms with Gasteiger partial charge in [0.1, 0.15) is 11.0 Å². The van der Waals surface area contributed by atoms with Crippen LogP contribution in [0.5, 0.6) is 0 Å². The van der Waals surface area contributed by atoms with Gasteiger partial charge in [0.05, 0.1) is 17.1 Å². The van der Waals surface area contributed by atoms with Gasteiger partial charge in [0.25, 0.3) is 0 Å². The highest BCUT2D eigenvalue weighted by molar-refractivity contribution is 6.00. The van der Waals surface area contributed by atoms with Crippen LogP contribution < -0.4 is 9.80 Å². The van der Waals surface area contributed by atoms with Gasteiger partial charge in [-0.2, -0.15) is 0 Å². The second kappa shape index (κ2) is 14.1. The Morgan fingerprint density at radius 1 is 0.439 bits per heavy atom. The van der Waals surface area contributed by atoms with Crippen molar-refractivity contribution >= 4 is 67.1 Å². The average Bonchev–Trinajstić information content (AvgIpc) is 4.05. The van der Waals surface area contributed by atoms with E-state index in [4.69, 9.17) is 18.8 Å². The van der Waals surface area contributed by atoms with Crippen molar-refractivity contribution in [1.82, 2.24) is 9.97 Å². The van der Waals surface area contributed by atoms with E-state index in [1.54, 1.807) is 0 Å². The second-order valence-corrected chi connectivity index (χ2v) is 18.6. The molecule has 0 unspecified atom stereocenters. The van der Waals surface area contributed by atoms with Gasteiger partial charge in [0.2, 0.25) is 11.8 Å². The summed E-state index contributed by atoms with van der Waals surface area (Å²) in [4.78, 5) is 14.5. The Balaban J connectivity index is 0.911.